The van der Waals surface area contributed by atoms with Gasteiger partial charge in [-0.1, -0.05) is 30.3 Å². The molecule has 0 aliphatic heterocycles. The molecule has 1 amide bonds. The highest BCUT2D eigenvalue weighted by Gasteiger charge is 2.25. The Kier molecular flexibility index (Phi) is 4.75. The Hall–Kier alpha value is -3.15. The Morgan fingerprint density at radius 3 is 2.54 bits per heavy atom. The third-order valence-electron chi connectivity index (χ3n) is 4.20. The molecule has 0 fully saturated rings. The topological polar surface area (TPSA) is 62.4 Å². The number of hydrogen-bond donors (Lipinski definition) is 1. The van der Waals surface area contributed by atoms with Gasteiger partial charge in [0.25, 0.3) is 11.7 Å². The number of aromatic amines is 1. The minimum absolute atomic E-state index is 0.171. The molecule has 1 aromatic heterocycles. The molecule has 134 valence electrons. The van der Waals surface area contributed by atoms with Gasteiger partial charge in [-0.3, -0.25) is 9.59 Å². The van der Waals surface area contributed by atoms with Crippen LogP contribution in [0.1, 0.15) is 21.5 Å². The predicted octanol–water partition coefficient (Wildman–Crippen LogP) is 3.47. The Morgan fingerprint density at radius 1 is 1.19 bits per heavy atom. The van der Waals surface area contributed by atoms with Crippen molar-refractivity contribution >= 4 is 22.6 Å². The highest BCUT2D eigenvalue weighted by Crippen LogP contribution is 2.34. The largest absolute Gasteiger partial charge is 0.488 e. The highest BCUT2D eigenvalue weighted by molar-refractivity contribution is 6.45. The molecule has 0 aliphatic rings. The van der Waals surface area contributed by atoms with Crippen molar-refractivity contribution in [2.45, 2.75) is 13.5 Å². The molecule has 1 N–H and O–H groups in total. The number of aromatic nitrogens is 1. The average Bonchev–Trinajstić information content (AvgIpc) is 3.08. The molecule has 0 atom stereocenters. The molecular weight excluding hydrogens is 335 g/mol. The van der Waals surface area contributed by atoms with Gasteiger partial charge in [0.05, 0.1) is 16.5 Å². The number of rotatable bonds is 5. The molecule has 26 heavy (non-hydrogen) atoms. The number of nitrogens with zero attached hydrogens (tertiary/aromatic N) is 1. The minimum atomic E-state index is -0.670. The lowest BCUT2D eigenvalue weighted by Gasteiger charge is -2.12. The molecule has 0 saturated carbocycles. The van der Waals surface area contributed by atoms with E-state index in [1.807, 2.05) is 30.3 Å². The van der Waals surface area contributed by atoms with E-state index in [0.717, 1.165) is 5.56 Å². The summed E-state index contributed by atoms with van der Waals surface area (Å²) in [5.74, 6) is -1.54. The number of aryl methyl sites for hydroxylation is 1. The standard InChI is InChI=1S/C20H19FN2O3/c1-12-15(21)9-16(26-11-13-7-5-4-6-8-13)17-14(10-22-18(12)17)19(24)20(25)23(2)3/h4-10,22H,11H2,1-3H3. The maximum atomic E-state index is 14.3. The van der Waals surface area contributed by atoms with Crippen molar-refractivity contribution < 1.29 is 18.7 Å². The number of carbonyl (C=O) groups is 2. The fourth-order valence-electron chi connectivity index (χ4n) is 2.74. The van der Waals surface area contributed by atoms with Crippen LogP contribution < -0.4 is 4.74 Å². The Labute approximate surface area is 150 Å². The molecule has 3 rings (SSSR count). The quantitative estimate of drug-likeness (QED) is 0.564. The lowest BCUT2D eigenvalue weighted by molar-refractivity contribution is -0.124. The van der Waals surface area contributed by atoms with Crippen LogP contribution in [-0.4, -0.2) is 35.7 Å². The number of benzene rings is 2. The molecule has 3 aromatic rings. The van der Waals surface area contributed by atoms with E-state index < -0.39 is 17.5 Å². The fourth-order valence-corrected chi connectivity index (χ4v) is 2.74. The second-order valence-corrected chi connectivity index (χ2v) is 6.24. The van der Waals surface area contributed by atoms with Crippen molar-refractivity contribution in [2.24, 2.45) is 0 Å². The zero-order valence-electron chi connectivity index (χ0n) is 14.8. The van der Waals surface area contributed by atoms with Crippen molar-refractivity contribution in [1.82, 2.24) is 9.88 Å². The van der Waals surface area contributed by atoms with Gasteiger partial charge in [0.2, 0.25) is 0 Å². The molecule has 6 heteroatoms. The van der Waals surface area contributed by atoms with Gasteiger partial charge >= 0.3 is 0 Å². The summed E-state index contributed by atoms with van der Waals surface area (Å²) in [4.78, 5) is 28.7. The van der Waals surface area contributed by atoms with Gasteiger partial charge < -0.3 is 14.6 Å². The van der Waals surface area contributed by atoms with Crippen LogP contribution in [-0.2, 0) is 11.4 Å². The van der Waals surface area contributed by atoms with Crippen molar-refractivity contribution in [1.29, 1.82) is 0 Å². The molecule has 0 radical (unpaired) electrons. The molecule has 0 spiro atoms. The number of likely N-dealkylation sites (N-methyl/N-ethyl adjacent to an activating group) is 1. The van der Waals surface area contributed by atoms with Gasteiger partial charge in [-0.2, -0.15) is 0 Å². The van der Waals surface area contributed by atoms with Gasteiger partial charge in [0.15, 0.2) is 0 Å². The first-order chi connectivity index (χ1) is 12.4. The van der Waals surface area contributed by atoms with Crippen LogP contribution in [0.3, 0.4) is 0 Å². The highest BCUT2D eigenvalue weighted by atomic mass is 19.1. The maximum absolute atomic E-state index is 14.3. The zero-order valence-corrected chi connectivity index (χ0v) is 14.8. The first kappa shape index (κ1) is 17.7. The number of halogens is 1. The summed E-state index contributed by atoms with van der Waals surface area (Å²) in [6, 6.07) is 10.7. The van der Waals surface area contributed by atoms with E-state index in [1.165, 1.54) is 31.3 Å². The van der Waals surface area contributed by atoms with Crippen LogP contribution in [0.5, 0.6) is 5.75 Å². The lowest BCUT2D eigenvalue weighted by Crippen LogP contribution is -2.29. The summed E-state index contributed by atoms with van der Waals surface area (Å²) < 4.78 is 20.1. The van der Waals surface area contributed by atoms with Crippen molar-refractivity contribution in [3.63, 3.8) is 0 Å². The van der Waals surface area contributed by atoms with Crippen molar-refractivity contribution in [2.75, 3.05) is 14.1 Å². The number of amides is 1. The van der Waals surface area contributed by atoms with E-state index in [-0.39, 0.29) is 17.9 Å². The lowest BCUT2D eigenvalue weighted by atomic mass is 10.0. The van der Waals surface area contributed by atoms with Gasteiger partial charge in [-0.25, -0.2) is 4.39 Å². The first-order valence-corrected chi connectivity index (χ1v) is 8.13. The van der Waals surface area contributed by atoms with E-state index in [4.69, 9.17) is 4.74 Å². The van der Waals surface area contributed by atoms with Gasteiger partial charge in [-0.05, 0) is 12.5 Å². The SMILES string of the molecule is Cc1c(F)cc(OCc2ccccc2)c2c(C(=O)C(=O)N(C)C)c[nH]c12. The van der Waals surface area contributed by atoms with Gasteiger partial charge in [0, 0.05) is 31.9 Å². The molecule has 0 aliphatic carbocycles. The number of carbonyl (C=O) groups excluding carboxylic acids is 2. The van der Waals surface area contributed by atoms with Crippen molar-refractivity contribution in [3.05, 3.63) is 65.1 Å². The molecule has 2 aromatic carbocycles. The smallest absolute Gasteiger partial charge is 0.294 e. The third-order valence-corrected chi connectivity index (χ3v) is 4.20. The number of ketones is 1. The van der Waals surface area contributed by atoms with E-state index in [9.17, 15) is 14.0 Å². The van der Waals surface area contributed by atoms with E-state index in [0.29, 0.717) is 16.5 Å². The Balaban J connectivity index is 2.07. The number of Topliss-reactive ketones (excluding diaryl/α,β-unsaturated/α-hetero) is 1. The fraction of sp³-hybridized carbons (Fsp3) is 0.200. The third kappa shape index (κ3) is 3.18. The van der Waals surface area contributed by atoms with Crippen LogP contribution in [0, 0.1) is 12.7 Å². The molecular formula is C20H19FN2O3. The minimum Gasteiger partial charge on any atom is -0.488 e. The van der Waals surface area contributed by atoms with Gasteiger partial charge in [-0.15, -0.1) is 0 Å². The Morgan fingerprint density at radius 2 is 1.88 bits per heavy atom. The van der Waals surface area contributed by atoms with Crippen LogP contribution in [0.2, 0.25) is 0 Å². The predicted molar refractivity (Wildman–Crippen MR) is 96.8 cm³/mol. The zero-order chi connectivity index (χ0) is 18.8. The summed E-state index contributed by atoms with van der Waals surface area (Å²) >= 11 is 0. The summed E-state index contributed by atoms with van der Waals surface area (Å²) in [6.07, 6.45) is 1.43. The van der Waals surface area contributed by atoms with E-state index in [1.54, 1.807) is 6.92 Å². The first-order valence-electron chi connectivity index (χ1n) is 8.13. The molecule has 0 unspecified atom stereocenters. The van der Waals surface area contributed by atoms with Crippen LogP contribution in [0.15, 0.2) is 42.6 Å². The summed E-state index contributed by atoms with van der Waals surface area (Å²) in [7, 11) is 3.01. The number of ether oxygens (including phenoxy) is 1. The number of fused-ring (bicyclic) bond motifs is 1. The molecule has 1 heterocycles. The average molecular weight is 354 g/mol. The number of nitrogens with one attached hydrogen (secondary N) is 1. The van der Waals surface area contributed by atoms with E-state index in [2.05, 4.69) is 4.98 Å². The monoisotopic (exact) mass is 354 g/mol. The van der Waals surface area contributed by atoms with Gasteiger partial charge in [0.1, 0.15) is 18.2 Å². The number of hydrogen-bond acceptors (Lipinski definition) is 3. The summed E-state index contributed by atoms with van der Waals surface area (Å²) in [5.41, 5.74) is 1.89. The molecule has 0 bridgehead atoms. The maximum Gasteiger partial charge on any atom is 0.294 e. The summed E-state index contributed by atoms with van der Waals surface area (Å²) in [6.45, 7) is 1.83. The van der Waals surface area contributed by atoms with Crippen LogP contribution in [0.25, 0.3) is 10.9 Å². The van der Waals surface area contributed by atoms with Crippen LogP contribution >= 0.6 is 0 Å². The van der Waals surface area contributed by atoms with E-state index >= 15 is 0 Å². The number of H-pyrrole nitrogens is 1. The second kappa shape index (κ2) is 7.00. The normalized spacial score (nSPS) is 10.8. The second-order valence-electron chi connectivity index (χ2n) is 6.24. The Bertz CT molecular complexity index is 978. The molecule has 0 saturated heterocycles. The molecule has 5 nitrogen and oxygen atoms in total. The van der Waals surface area contributed by atoms with Crippen molar-refractivity contribution in [3.8, 4) is 5.75 Å². The summed E-state index contributed by atoms with van der Waals surface area (Å²) in [5, 5.41) is 0.417. The van der Waals surface area contributed by atoms with Crippen LogP contribution in [0.4, 0.5) is 4.39 Å².